The van der Waals surface area contributed by atoms with Gasteiger partial charge >= 0.3 is 0 Å². The minimum absolute atomic E-state index is 0.570. The highest BCUT2D eigenvalue weighted by Crippen LogP contribution is 2.31. The topological polar surface area (TPSA) is 45.1 Å². The third-order valence-corrected chi connectivity index (χ3v) is 4.40. The molecule has 1 aromatic carbocycles. The molecule has 0 saturated heterocycles. The number of aromatic nitrogens is 1. The number of nitrogens with zero attached hydrogens (tertiary/aromatic N) is 1. The predicted molar refractivity (Wildman–Crippen MR) is 82.8 cm³/mol. The molecule has 0 amide bonds. The van der Waals surface area contributed by atoms with Crippen molar-refractivity contribution in [2.45, 2.75) is 38.2 Å². The van der Waals surface area contributed by atoms with E-state index in [2.05, 4.69) is 29.4 Å². The summed E-state index contributed by atoms with van der Waals surface area (Å²) in [4.78, 5) is 4.58. The van der Waals surface area contributed by atoms with E-state index < -0.39 is 5.60 Å². The third kappa shape index (κ3) is 2.93. The number of fused-ring (bicyclic) bond motifs is 1. The zero-order valence-electron chi connectivity index (χ0n) is 12.0. The molecule has 1 saturated carbocycles. The number of pyridine rings is 1. The molecule has 0 spiro atoms. The van der Waals surface area contributed by atoms with Crippen LogP contribution < -0.4 is 5.32 Å². The van der Waals surface area contributed by atoms with Crippen molar-refractivity contribution in [3.63, 3.8) is 0 Å². The van der Waals surface area contributed by atoms with Gasteiger partial charge in [-0.1, -0.05) is 25.1 Å². The molecular formula is C17H22N2O. The van der Waals surface area contributed by atoms with Gasteiger partial charge in [-0.25, -0.2) is 4.98 Å². The van der Waals surface area contributed by atoms with E-state index in [1.807, 2.05) is 24.3 Å². The number of anilines is 1. The van der Waals surface area contributed by atoms with Gasteiger partial charge in [0, 0.05) is 11.9 Å². The molecule has 1 heterocycles. The van der Waals surface area contributed by atoms with Crippen LogP contribution in [0.4, 0.5) is 5.82 Å². The number of hydrogen-bond acceptors (Lipinski definition) is 3. The van der Waals surface area contributed by atoms with Crippen molar-refractivity contribution in [2.75, 3.05) is 11.9 Å². The number of hydrogen-bond donors (Lipinski definition) is 2. The normalized spacial score (nSPS) is 26.6. The van der Waals surface area contributed by atoms with E-state index >= 15 is 0 Å². The van der Waals surface area contributed by atoms with Crippen molar-refractivity contribution in [1.82, 2.24) is 4.98 Å². The van der Waals surface area contributed by atoms with Crippen LogP contribution in [0, 0.1) is 5.92 Å². The summed E-state index contributed by atoms with van der Waals surface area (Å²) >= 11 is 0. The van der Waals surface area contributed by atoms with Crippen LogP contribution in [0.2, 0.25) is 0 Å². The van der Waals surface area contributed by atoms with Crippen LogP contribution in [0.25, 0.3) is 10.9 Å². The Labute approximate surface area is 120 Å². The third-order valence-electron chi connectivity index (χ3n) is 4.40. The lowest BCUT2D eigenvalue weighted by Crippen LogP contribution is -2.40. The molecular weight excluding hydrogens is 248 g/mol. The van der Waals surface area contributed by atoms with Gasteiger partial charge < -0.3 is 10.4 Å². The molecule has 106 valence electrons. The average Bonchev–Trinajstić information content (AvgIpc) is 2.48. The van der Waals surface area contributed by atoms with E-state index in [9.17, 15) is 5.11 Å². The van der Waals surface area contributed by atoms with Crippen molar-refractivity contribution in [1.29, 1.82) is 0 Å². The van der Waals surface area contributed by atoms with Crippen molar-refractivity contribution in [3.05, 3.63) is 36.4 Å². The first-order valence-electron chi connectivity index (χ1n) is 7.47. The Balaban J connectivity index is 1.67. The summed E-state index contributed by atoms with van der Waals surface area (Å²) in [6.07, 6.45) is 4.00. The molecule has 1 aliphatic rings. The lowest BCUT2D eigenvalue weighted by molar-refractivity contribution is 0.00495. The summed E-state index contributed by atoms with van der Waals surface area (Å²) in [5, 5.41) is 15.0. The molecule has 0 aliphatic heterocycles. The Hall–Kier alpha value is -1.61. The Morgan fingerprint density at radius 1 is 1.20 bits per heavy atom. The maximum absolute atomic E-state index is 10.6. The van der Waals surface area contributed by atoms with Gasteiger partial charge in [0.05, 0.1) is 11.1 Å². The van der Waals surface area contributed by atoms with Crippen molar-refractivity contribution in [3.8, 4) is 0 Å². The summed E-state index contributed by atoms with van der Waals surface area (Å²) in [5.41, 5.74) is 0.418. The SMILES string of the molecule is CC1CCC(O)(CNc2ccc3ccccc3n2)CC1. The van der Waals surface area contributed by atoms with E-state index in [-0.39, 0.29) is 0 Å². The van der Waals surface area contributed by atoms with E-state index in [1.165, 1.54) is 0 Å². The van der Waals surface area contributed by atoms with Gasteiger partial charge in [0.2, 0.25) is 0 Å². The average molecular weight is 270 g/mol. The van der Waals surface area contributed by atoms with Crippen LogP contribution in [0.1, 0.15) is 32.6 Å². The van der Waals surface area contributed by atoms with Crippen molar-refractivity contribution >= 4 is 16.7 Å². The van der Waals surface area contributed by atoms with Crippen LogP contribution in [-0.2, 0) is 0 Å². The van der Waals surface area contributed by atoms with Crippen molar-refractivity contribution in [2.24, 2.45) is 5.92 Å². The second kappa shape index (κ2) is 5.41. The van der Waals surface area contributed by atoms with Crippen LogP contribution in [0.3, 0.4) is 0 Å². The molecule has 0 radical (unpaired) electrons. The summed E-state index contributed by atoms with van der Waals surface area (Å²) < 4.78 is 0. The molecule has 1 fully saturated rings. The zero-order valence-corrected chi connectivity index (χ0v) is 12.0. The highest BCUT2D eigenvalue weighted by molar-refractivity contribution is 5.80. The fraction of sp³-hybridized carbons (Fsp3) is 0.471. The molecule has 3 rings (SSSR count). The first-order valence-corrected chi connectivity index (χ1v) is 7.47. The molecule has 2 aromatic rings. The fourth-order valence-electron chi connectivity index (χ4n) is 2.90. The maximum atomic E-state index is 10.6. The maximum Gasteiger partial charge on any atom is 0.126 e. The Bertz CT molecular complexity index is 588. The quantitative estimate of drug-likeness (QED) is 0.896. The van der Waals surface area contributed by atoms with E-state index in [4.69, 9.17) is 0 Å². The molecule has 3 heteroatoms. The first-order chi connectivity index (χ1) is 9.65. The number of para-hydroxylation sites is 1. The predicted octanol–water partition coefficient (Wildman–Crippen LogP) is 3.59. The highest BCUT2D eigenvalue weighted by Gasteiger charge is 2.31. The molecule has 20 heavy (non-hydrogen) atoms. The van der Waals surface area contributed by atoms with Gasteiger partial charge in [0.25, 0.3) is 0 Å². The number of benzene rings is 1. The molecule has 3 nitrogen and oxygen atoms in total. The summed E-state index contributed by atoms with van der Waals surface area (Å²) in [6, 6.07) is 12.1. The zero-order chi connectivity index (χ0) is 14.0. The smallest absolute Gasteiger partial charge is 0.126 e. The molecule has 1 aliphatic carbocycles. The van der Waals surface area contributed by atoms with Gasteiger partial charge in [-0.2, -0.15) is 0 Å². The Morgan fingerprint density at radius 2 is 1.95 bits per heavy atom. The van der Waals surface area contributed by atoms with Crippen LogP contribution in [0.15, 0.2) is 36.4 Å². The van der Waals surface area contributed by atoms with Crippen LogP contribution in [-0.4, -0.2) is 22.2 Å². The first kappa shape index (κ1) is 13.4. The monoisotopic (exact) mass is 270 g/mol. The number of aliphatic hydroxyl groups is 1. The molecule has 0 unspecified atom stereocenters. The molecule has 2 N–H and O–H groups in total. The van der Waals surface area contributed by atoms with Gasteiger partial charge in [0.15, 0.2) is 0 Å². The second-order valence-electron chi connectivity index (χ2n) is 6.15. The largest absolute Gasteiger partial charge is 0.388 e. The van der Waals surface area contributed by atoms with Crippen molar-refractivity contribution < 1.29 is 5.11 Å². The molecule has 0 bridgehead atoms. The lowest BCUT2D eigenvalue weighted by atomic mass is 9.79. The Morgan fingerprint density at radius 3 is 2.75 bits per heavy atom. The highest BCUT2D eigenvalue weighted by atomic mass is 16.3. The summed E-state index contributed by atoms with van der Waals surface area (Å²) in [7, 11) is 0. The van der Waals surface area contributed by atoms with Crippen LogP contribution in [0.5, 0.6) is 0 Å². The standard InChI is InChI=1S/C17H22N2O/c1-13-8-10-17(20,11-9-13)12-18-16-7-6-14-4-2-3-5-15(14)19-16/h2-7,13,20H,8-12H2,1H3,(H,18,19). The molecule has 1 aromatic heterocycles. The van der Waals surface area contributed by atoms with E-state index in [1.54, 1.807) is 0 Å². The van der Waals surface area contributed by atoms with Crippen LogP contribution >= 0.6 is 0 Å². The number of rotatable bonds is 3. The van der Waals surface area contributed by atoms with Gasteiger partial charge in [0.1, 0.15) is 5.82 Å². The second-order valence-corrected chi connectivity index (χ2v) is 6.15. The minimum atomic E-state index is -0.570. The Kier molecular flexibility index (Phi) is 3.62. The number of nitrogens with one attached hydrogen (secondary N) is 1. The summed E-state index contributed by atoms with van der Waals surface area (Å²) in [5.74, 6) is 1.59. The van der Waals surface area contributed by atoms with E-state index in [0.29, 0.717) is 6.54 Å². The van der Waals surface area contributed by atoms with Gasteiger partial charge in [-0.05, 0) is 49.8 Å². The fourth-order valence-corrected chi connectivity index (χ4v) is 2.90. The van der Waals surface area contributed by atoms with Gasteiger partial charge in [-0.15, -0.1) is 0 Å². The van der Waals surface area contributed by atoms with Gasteiger partial charge in [-0.3, -0.25) is 0 Å². The minimum Gasteiger partial charge on any atom is -0.388 e. The van der Waals surface area contributed by atoms with E-state index in [0.717, 1.165) is 48.3 Å². The molecule has 0 atom stereocenters. The lowest BCUT2D eigenvalue weighted by Gasteiger charge is -2.35. The summed E-state index contributed by atoms with van der Waals surface area (Å²) in [6.45, 7) is 2.85.